The van der Waals surface area contributed by atoms with Gasteiger partial charge in [-0.25, -0.2) is 0 Å². The van der Waals surface area contributed by atoms with E-state index < -0.39 is 11.9 Å². The highest BCUT2D eigenvalue weighted by Crippen LogP contribution is 2.16. The lowest BCUT2D eigenvalue weighted by Crippen LogP contribution is -2.42. The van der Waals surface area contributed by atoms with E-state index in [1.54, 1.807) is 25.1 Å². The topological polar surface area (TPSA) is 72.2 Å². The Bertz CT molecular complexity index is 432. The van der Waals surface area contributed by atoms with Gasteiger partial charge in [-0.2, -0.15) is 0 Å². The fraction of sp³-hybridized carbons (Fsp3) is 0.273. The molecule has 1 atom stereocenters. The molecule has 0 spiro atoms. The summed E-state index contributed by atoms with van der Waals surface area (Å²) in [7, 11) is 0. The van der Waals surface area contributed by atoms with Crippen molar-refractivity contribution in [3.8, 4) is 0 Å². The van der Waals surface area contributed by atoms with E-state index in [9.17, 15) is 9.59 Å². The summed E-state index contributed by atoms with van der Waals surface area (Å²) in [4.78, 5) is 22.5. The Morgan fingerprint density at radius 3 is 2.56 bits per heavy atom. The summed E-state index contributed by atoms with van der Waals surface area (Å²) >= 11 is 3.35. The van der Waals surface area contributed by atoms with E-state index in [0.29, 0.717) is 5.56 Å². The summed E-state index contributed by atoms with van der Waals surface area (Å²) in [6, 6.07) is 4.54. The zero-order valence-corrected chi connectivity index (χ0v) is 10.7. The highest BCUT2D eigenvalue weighted by Gasteiger charge is 2.13. The number of halogens is 1. The molecule has 3 N–H and O–H groups in total. The van der Waals surface area contributed by atoms with Gasteiger partial charge in [0.2, 0.25) is 5.91 Å². The number of carbonyl (C=O) groups excluding carboxylic acids is 2. The van der Waals surface area contributed by atoms with Crippen LogP contribution in [0.4, 0.5) is 0 Å². The molecule has 5 heteroatoms. The van der Waals surface area contributed by atoms with Crippen LogP contribution in [0, 0.1) is 6.92 Å². The lowest BCUT2D eigenvalue weighted by Gasteiger charge is -2.10. The molecule has 16 heavy (non-hydrogen) atoms. The quantitative estimate of drug-likeness (QED) is 0.880. The molecule has 86 valence electrons. The minimum atomic E-state index is -0.670. The predicted molar refractivity (Wildman–Crippen MR) is 65.0 cm³/mol. The molecule has 0 aromatic heterocycles. The molecule has 0 radical (unpaired) electrons. The summed E-state index contributed by atoms with van der Waals surface area (Å²) in [6.45, 7) is 3.43. The highest BCUT2D eigenvalue weighted by atomic mass is 79.9. The van der Waals surface area contributed by atoms with Crippen molar-refractivity contribution in [2.75, 3.05) is 0 Å². The number of nitrogens with one attached hydrogen (secondary N) is 1. The van der Waals surface area contributed by atoms with Crippen LogP contribution in [0.5, 0.6) is 0 Å². The molecule has 2 amide bonds. The smallest absolute Gasteiger partial charge is 0.251 e. The maximum atomic E-state index is 11.7. The Morgan fingerprint density at radius 2 is 2.06 bits per heavy atom. The van der Waals surface area contributed by atoms with Gasteiger partial charge in [-0.05, 0) is 37.6 Å². The molecule has 0 fully saturated rings. The van der Waals surface area contributed by atoms with E-state index in [2.05, 4.69) is 21.2 Å². The van der Waals surface area contributed by atoms with Crippen LogP contribution in [0.25, 0.3) is 0 Å². The van der Waals surface area contributed by atoms with Crippen LogP contribution in [-0.2, 0) is 4.79 Å². The number of primary amides is 1. The second-order valence-corrected chi connectivity index (χ2v) is 4.42. The molecule has 1 rings (SSSR count). The first kappa shape index (κ1) is 12.7. The average Bonchev–Trinajstić information content (AvgIpc) is 2.21. The third kappa shape index (κ3) is 3.06. The summed E-state index contributed by atoms with van der Waals surface area (Å²) in [6.07, 6.45) is 0. The fourth-order valence-electron chi connectivity index (χ4n) is 1.14. The number of nitrogens with two attached hydrogens (primary N) is 1. The summed E-state index contributed by atoms with van der Waals surface area (Å²) in [5.41, 5.74) is 6.52. The third-order valence-electron chi connectivity index (χ3n) is 2.19. The number of rotatable bonds is 3. The molecular weight excluding hydrogens is 272 g/mol. The molecule has 0 saturated heterocycles. The van der Waals surface area contributed by atoms with Gasteiger partial charge in [0.05, 0.1) is 0 Å². The van der Waals surface area contributed by atoms with Crippen molar-refractivity contribution < 1.29 is 9.59 Å². The van der Waals surface area contributed by atoms with E-state index >= 15 is 0 Å². The van der Waals surface area contributed by atoms with Gasteiger partial charge in [0.25, 0.3) is 5.91 Å². The maximum absolute atomic E-state index is 11.7. The average molecular weight is 285 g/mol. The Kier molecular flexibility index (Phi) is 4.06. The highest BCUT2D eigenvalue weighted by molar-refractivity contribution is 9.10. The molecule has 0 heterocycles. The number of carbonyl (C=O) groups is 2. The molecule has 4 nitrogen and oxygen atoms in total. The van der Waals surface area contributed by atoms with Crippen molar-refractivity contribution in [1.29, 1.82) is 0 Å². The van der Waals surface area contributed by atoms with Crippen LogP contribution in [0.15, 0.2) is 22.7 Å². The number of aryl methyl sites for hydroxylation is 1. The van der Waals surface area contributed by atoms with Gasteiger partial charge in [-0.3, -0.25) is 9.59 Å². The monoisotopic (exact) mass is 284 g/mol. The minimum absolute atomic E-state index is 0.304. The van der Waals surface area contributed by atoms with Crippen molar-refractivity contribution in [3.05, 3.63) is 33.8 Å². The number of hydrogen-bond donors (Lipinski definition) is 2. The van der Waals surface area contributed by atoms with E-state index in [1.807, 2.05) is 6.92 Å². The number of amides is 2. The minimum Gasteiger partial charge on any atom is -0.368 e. The zero-order chi connectivity index (χ0) is 12.3. The zero-order valence-electron chi connectivity index (χ0n) is 9.08. The van der Waals surface area contributed by atoms with Gasteiger partial charge in [0.15, 0.2) is 0 Å². The number of benzene rings is 1. The van der Waals surface area contributed by atoms with Crippen LogP contribution in [0.3, 0.4) is 0 Å². The maximum Gasteiger partial charge on any atom is 0.251 e. The molecule has 1 aromatic carbocycles. The predicted octanol–water partition coefficient (Wildman–Crippen LogP) is 1.36. The first-order valence-electron chi connectivity index (χ1n) is 4.78. The van der Waals surface area contributed by atoms with Crippen LogP contribution in [0.2, 0.25) is 0 Å². The molecule has 0 bridgehead atoms. The molecule has 0 aliphatic heterocycles. The van der Waals surface area contributed by atoms with Gasteiger partial charge >= 0.3 is 0 Å². The van der Waals surface area contributed by atoms with Gasteiger partial charge in [-0.1, -0.05) is 15.9 Å². The van der Waals surface area contributed by atoms with E-state index in [1.165, 1.54) is 0 Å². The van der Waals surface area contributed by atoms with E-state index in [4.69, 9.17) is 5.73 Å². The first-order chi connectivity index (χ1) is 7.41. The molecule has 0 aliphatic carbocycles. The van der Waals surface area contributed by atoms with Gasteiger partial charge in [0.1, 0.15) is 6.04 Å². The molecule has 1 aromatic rings. The molecule has 1 unspecified atom stereocenters. The summed E-state index contributed by atoms with van der Waals surface area (Å²) < 4.78 is 0.937. The van der Waals surface area contributed by atoms with Crippen molar-refractivity contribution in [2.45, 2.75) is 19.9 Å². The van der Waals surface area contributed by atoms with Crippen molar-refractivity contribution >= 4 is 27.7 Å². The van der Waals surface area contributed by atoms with Gasteiger partial charge in [0, 0.05) is 10.0 Å². The Hall–Kier alpha value is -1.36. The SMILES string of the molecule is Cc1cc(C(=O)NC(C)C(N)=O)ccc1Br. The molecular formula is C11H13BrN2O2. The second kappa shape index (κ2) is 5.12. The van der Waals surface area contributed by atoms with Crippen LogP contribution >= 0.6 is 15.9 Å². The molecule has 0 saturated carbocycles. The normalized spacial score (nSPS) is 11.9. The van der Waals surface area contributed by atoms with Gasteiger partial charge in [-0.15, -0.1) is 0 Å². The standard InChI is InChI=1S/C11H13BrN2O2/c1-6-5-8(3-4-9(6)12)11(16)14-7(2)10(13)15/h3-5,7H,1-2H3,(H2,13,15)(H,14,16). The van der Waals surface area contributed by atoms with Gasteiger partial charge < -0.3 is 11.1 Å². The largest absolute Gasteiger partial charge is 0.368 e. The first-order valence-corrected chi connectivity index (χ1v) is 5.57. The van der Waals surface area contributed by atoms with Crippen molar-refractivity contribution in [1.82, 2.24) is 5.32 Å². The Morgan fingerprint density at radius 1 is 1.44 bits per heavy atom. The Balaban J connectivity index is 2.81. The van der Waals surface area contributed by atoms with E-state index in [0.717, 1.165) is 10.0 Å². The van der Waals surface area contributed by atoms with Crippen LogP contribution in [0.1, 0.15) is 22.8 Å². The lowest BCUT2D eigenvalue weighted by molar-refractivity contribution is -0.119. The molecule has 0 aliphatic rings. The summed E-state index contributed by atoms with van der Waals surface area (Å²) in [5.74, 6) is -0.857. The number of hydrogen-bond acceptors (Lipinski definition) is 2. The fourth-order valence-corrected chi connectivity index (χ4v) is 1.38. The Labute approximate surface area is 102 Å². The van der Waals surface area contributed by atoms with E-state index in [-0.39, 0.29) is 5.91 Å². The van der Waals surface area contributed by atoms with Crippen LogP contribution < -0.4 is 11.1 Å². The third-order valence-corrected chi connectivity index (χ3v) is 3.08. The van der Waals surface area contributed by atoms with Crippen LogP contribution in [-0.4, -0.2) is 17.9 Å². The lowest BCUT2D eigenvalue weighted by atomic mass is 10.1. The van der Waals surface area contributed by atoms with Crippen molar-refractivity contribution in [3.63, 3.8) is 0 Å². The summed E-state index contributed by atoms with van der Waals surface area (Å²) in [5, 5.41) is 2.51. The van der Waals surface area contributed by atoms with Crippen molar-refractivity contribution in [2.24, 2.45) is 5.73 Å². The second-order valence-electron chi connectivity index (χ2n) is 3.56.